The minimum absolute atomic E-state index is 0. The fourth-order valence-electron chi connectivity index (χ4n) is 1.27. The van der Waals surface area contributed by atoms with Crippen molar-refractivity contribution < 1.29 is 9.84 Å². The monoisotopic (exact) mass is 256 g/mol. The predicted octanol–water partition coefficient (Wildman–Crippen LogP) is -0.199. The molecule has 3 N–H and O–H groups in total. The molecule has 88 valence electrons. The Morgan fingerprint density at radius 3 is 2.80 bits per heavy atom. The van der Waals surface area contributed by atoms with E-state index in [2.05, 4.69) is 20.5 Å². The number of nitrogens with zero attached hydrogens (tertiary/aromatic N) is 2. The molecule has 0 spiro atoms. The average molecular weight is 257 g/mol. The second kappa shape index (κ2) is 6.97. The topological polar surface area (TPSA) is 83.1 Å². The number of nitrogens with one attached hydrogen (secondary N) is 2. The molecule has 0 bridgehead atoms. The van der Waals surface area contributed by atoms with Crippen LogP contribution in [0.4, 0.5) is 0 Å². The fourth-order valence-corrected chi connectivity index (χ4v) is 1.27. The standard InChI is InChI=1S/C7H12N4O2.2ClH/c12-3-6-9-7(11-10-6)5-4-13-2-1-8-5;;/h5,8,12H,1-4H2,(H,9,10,11);2*1H. The molecule has 0 aliphatic carbocycles. The highest BCUT2D eigenvalue weighted by Gasteiger charge is 2.19. The van der Waals surface area contributed by atoms with Gasteiger partial charge in [-0.1, -0.05) is 0 Å². The fraction of sp³-hybridized carbons (Fsp3) is 0.714. The number of morpholine rings is 1. The van der Waals surface area contributed by atoms with E-state index in [4.69, 9.17) is 9.84 Å². The molecule has 0 radical (unpaired) electrons. The van der Waals surface area contributed by atoms with Gasteiger partial charge in [-0.3, -0.25) is 5.10 Å². The molecule has 1 aliphatic rings. The molecule has 1 aliphatic heterocycles. The normalized spacial score (nSPS) is 20.2. The number of H-pyrrole nitrogens is 1. The van der Waals surface area contributed by atoms with Gasteiger partial charge in [-0.05, 0) is 0 Å². The quantitative estimate of drug-likeness (QED) is 0.683. The maximum atomic E-state index is 8.76. The smallest absolute Gasteiger partial charge is 0.170 e. The lowest BCUT2D eigenvalue weighted by molar-refractivity contribution is 0.0743. The lowest BCUT2D eigenvalue weighted by atomic mass is 10.2. The number of rotatable bonds is 2. The number of aromatic amines is 1. The number of hydrogen-bond donors (Lipinski definition) is 3. The summed E-state index contributed by atoms with van der Waals surface area (Å²) in [7, 11) is 0. The van der Waals surface area contributed by atoms with Crippen LogP contribution in [-0.4, -0.2) is 40.0 Å². The molecule has 0 amide bonds. The summed E-state index contributed by atoms with van der Waals surface area (Å²) in [5.74, 6) is 1.14. The van der Waals surface area contributed by atoms with Gasteiger partial charge in [-0.15, -0.1) is 24.8 Å². The van der Waals surface area contributed by atoms with Gasteiger partial charge < -0.3 is 15.2 Å². The summed E-state index contributed by atoms with van der Waals surface area (Å²) in [5, 5.41) is 18.6. The van der Waals surface area contributed by atoms with E-state index in [1.165, 1.54) is 0 Å². The van der Waals surface area contributed by atoms with Gasteiger partial charge in [0, 0.05) is 6.54 Å². The van der Waals surface area contributed by atoms with Crippen LogP contribution in [0.15, 0.2) is 0 Å². The number of aromatic nitrogens is 3. The minimum atomic E-state index is -0.111. The van der Waals surface area contributed by atoms with Crippen molar-refractivity contribution in [1.29, 1.82) is 0 Å². The number of halogens is 2. The molecule has 0 saturated carbocycles. The summed E-state index contributed by atoms with van der Waals surface area (Å²) < 4.78 is 5.26. The molecule has 1 atom stereocenters. The average Bonchev–Trinajstić information content (AvgIpc) is 2.67. The van der Waals surface area contributed by atoms with Crippen molar-refractivity contribution in [3.05, 3.63) is 11.6 Å². The third kappa shape index (κ3) is 3.58. The Kier molecular flexibility index (Phi) is 6.78. The van der Waals surface area contributed by atoms with Crippen molar-refractivity contribution in [1.82, 2.24) is 20.5 Å². The van der Waals surface area contributed by atoms with E-state index < -0.39 is 0 Å². The summed E-state index contributed by atoms with van der Waals surface area (Å²) in [6, 6.07) is 0.0466. The predicted molar refractivity (Wildman–Crippen MR) is 58.4 cm³/mol. The lowest BCUT2D eigenvalue weighted by Crippen LogP contribution is -2.35. The molecule has 1 aromatic rings. The summed E-state index contributed by atoms with van der Waals surface area (Å²) in [6.45, 7) is 2.02. The molecule has 1 saturated heterocycles. The van der Waals surface area contributed by atoms with Gasteiger partial charge in [0.15, 0.2) is 5.82 Å². The largest absolute Gasteiger partial charge is 0.388 e. The first-order chi connectivity index (χ1) is 6.40. The van der Waals surface area contributed by atoms with Crippen molar-refractivity contribution in [2.75, 3.05) is 19.8 Å². The van der Waals surface area contributed by atoms with Crippen molar-refractivity contribution in [2.24, 2.45) is 0 Å². The molecule has 0 aromatic carbocycles. The van der Waals surface area contributed by atoms with Gasteiger partial charge in [0.2, 0.25) is 0 Å². The van der Waals surface area contributed by atoms with Crippen LogP contribution in [0, 0.1) is 0 Å². The van der Waals surface area contributed by atoms with E-state index in [0.29, 0.717) is 18.3 Å². The Labute approximate surface area is 99.6 Å². The van der Waals surface area contributed by atoms with Crippen LogP contribution < -0.4 is 5.32 Å². The zero-order chi connectivity index (χ0) is 9.10. The second-order valence-corrected chi connectivity index (χ2v) is 2.88. The first kappa shape index (κ1) is 14.6. The van der Waals surface area contributed by atoms with E-state index in [1.54, 1.807) is 0 Å². The Balaban J connectivity index is 0.000000980. The Bertz CT molecular complexity index is 278. The molecule has 1 unspecified atom stereocenters. The zero-order valence-electron chi connectivity index (χ0n) is 7.97. The molecule has 15 heavy (non-hydrogen) atoms. The van der Waals surface area contributed by atoms with Crippen molar-refractivity contribution in [3.8, 4) is 0 Å². The van der Waals surface area contributed by atoms with Gasteiger partial charge in [-0.2, -0.15) is 5.10 Å². The van der Waals surface area contributed by atoms with Gasteiger partial charge in [0.05, 0.1) is 19.3 Å². The second-order valence-electron chi connectivity index (χ2n) is 2.88. The Morgan fingerprint density at radius 2 is 2.27 bits per heavy atom. The first-order valence-electron chi connectivity index (χ1n) is 4.23. The summed E-state index contributed by atoms with van der Waals surface area (Å²) in [5.41, 5.74) is 0. The molecular weight excluding hydrogens is 243 g/mol. The number of hydrogen-bond acceptors (Lipinski definition) is 5. The van der Waals surface area contributed by atoms with E-state index in [9.17, 15) is 0 Å². The molecule has 8 heteroatoms. The van der Waals surface area contributed by atoms with E-state index in [0.717, 1.165) is 13.2 Å². The van der Waals surface area contributed by atoms with Crippen LogP contribution in [0.3, 0.4) is 0 Å². The van der Waals surface area contributed by atoms with Gasteiger partial charge in [0.25, 0.3) is 0 Å². The van der Waals surface area contributed by atoms with Crippen LogP contribution in [0.1, 0.15) is 17.7 Å². The number of aliphatic hydroxyl groups is 1. The SMILES string of the molecule is Cl.Cl.OCc1nc(C2COCCN2)n[nH]1. The van der Waals surface area contributed by atoms with E-state index in [-0.39, 0.29) is 37.5 Å². The van der Waals surface area contributed by atoms with E-state index >= 15 is 0 Å². The number of ether oxygens (including phenoxy) is 1. The highest BCUT2D eigenvalue weighted by molar-refractivity contribution is 5.85. The highest BCUT2D eigenvalue weighted by Crippen LogP contribution is 2.10. The Morgan fingerprint density at radius 1 is 1.47 bits per heavy atom. The molecule has 6 nitrogen and oxygen atoms in total. The summed E-state index contributed by atoms with van der Waals surface area (Å²) in [6.07, 6.45) is 0. The van der Waals surface area contributed by atoms with Gasteiger partial charge >= 0.3 is 0 Å². The Hall–Kier alpha value is -0.400. The lowest BCUT2D eigenvalue weighted by Gasteiger charge is -2.20. The third-order valence-corrected chi connectivity index (χ3v) is 1.93. The van der Waals surface area contributed by atoms with E-state index in [1.807, 2.05) is 0 Å². The molecule has 2 rings (SSSR count). The molecule has 1 fully saturated rings. The van der Waals surface area contributed by atoms with Crippen molar-refractivity contribution in [3.63, 3.8) is 0 Å². The van der Waals surface area contributed by atoms with Gasteiger partial charge in [-0.25, -0.2) is 4.98 Å². The summed E-state index contributed by atoms with van der Waals surface area (Å²) in [4.78, 5) is 4.09. The molecule has 2 heterocycles. The molecular formula is C7H14Cl2N4O2. The van der Waals surface area contributed by atoms with Crippen LogP contribution in [0.25, 0.3) is 0 Å². The zero-order valence-corrected chi connectivity index (χ0v) is 9.61. The first-order valence-corrected chi connectivity index (χ1v) is 4.23. The maximum absolute atomic E-state index is 8.76. The van der Waals surface area contributed by atoms with Crippen LogP contribution in [-0.2, 0) is 11.3 Å². The van der Waals surface area contributed by atoms with Crippen molar-refractivity contribution >= 4 is 24.8 Å². The number of aliphatic hydroxyl groups excluding tert-OH is 1. The van der Waals surface area contributed by atoms with Crippen molar-refractivity contribution in [2.45, 2.75) is 12.6 Å². The van der Waals surface area contributed by atoms with Crippen LogP contribution in [0.2, 0.25) is 0 Å². The van der Waals surface area contributed by atoms with Crippen LogP contribution in [0.5, 0.6) is 0 Å². The third-order valence-electron chi connectivity index (χ3n) is 1.93. The van der Waals surface area contributed by atoms with Crippen LogP contribution >= 0.6 is 24.8 Å². The maximum Gasteiger partial charge on any atom is 0.170 e. The minimum Gasteiger partial charge on any atom is -0.388 e. The van der Waals surface area contributed by atoms with Gasteiger partial charge in [0.1, 0.15) is 12.4 Å². The molecule has 1 aromatic heterocycles. The highest BCUT2D eigenvalue weighted by atomic mass is 35.5. The summed E-state index contributed by atoms with van der Waals surface area (Å²) >= 11 is 0.